The molecule has 1 saturated heterocycles. The number of unbranched alkanes of at least 4 members (excludes halogenated alkanes) is 1. The van der Waals surface area contributed by atoms with Crippen molar-refractivity contribution in [3.05, 3.63) is 29.8 Å². The normalized spacial score (nSPS) is 19.7. The van der Waals surface area contributed by atoms with E-state index in [0.717, 1.165) is 25.7 Å². The lowest BCUT2D eigenvalue weighted by molar-refractivity contribution is -0.128. The lowest BCUT2D eigenvalue weighted by Crippen LogP contribution is -2.49. The Morgan fingerprint density at radius 3 is 2.50 bits per heavy atom. The lowest BCUT2D eigenvalue weighted by Gasteiger charge is -2.36. The molecule has 1 fully saturated rings. The van der Waals surface area contributed by atoms with Crippen molar-refractivity contribution in [2.75, 3.05) is 32.0 Å². The van der Waals surface area contributed by atoms with E-state index in [9.17, 15) is 14.4 Å². The van der Waals surface area contributed by atoms with E-state index < -0.39 is 0 Å². The average Bonchev–Trinajstić information content (AvgIpc) is 2.69. The molecule has 3 N–H and O–H groups in total. The quantitative estimate of drug-likeness (QED) is 0.594. The molecule has 0 bridgehead atoms. The van der Waals surface area contributed by atoms with Crippen LogP contribution in [-0.4, -0.2) is 55.3 Å². The van der Waals surface area contributed by atoms with Crippen LogP contribution in [0.4, 0.5) is 5.69 Å². The number of carbonyl (C=O) groups is 3. The second-order valence-electron chi connectivity index (χ2n) is 7.40. The SMILES string of the molecule is CCCCNC(=O)C1CCC(C)N(CC(=O)Nc2ccc(C(=O)NC)cc2)C1. The summed E-state index contributed by atoms with van der Waals surface area (Å²) in [6.07, 6.45) is 3.80. The standard InChI is InChI=1S/C21H32N4O3/c1-4-5-12-23-21(28)17-7-6-15(2)25(13-17)14-19(26)24-18-10-8-16(9-11-18)20(27)22-3/h8-11,15,17H,4-7,12-14H2,1-3H3,(H,22,27)(H,23,28)(H,24,26). The van der Waals surface area contributed by atoms with Crippen molar-refractivity contribution in [3.8, 4) is 0 Å². The van der Waals surface area contributed by atoms with Crippen molar-refractivity contribution in [1.29, 1.82) is 0 Å². The Balaban J connectivity index is 1.87. The van der Waals surface area contributed by atoms with E-state index in [-0.39, 0.29) is 36.2 Å². The fourth-order valence-corrected chi connectivity index (χ4v) is 3.38. The van der Waals surface area contributed by atoms with Crippen molar-refractivity contribution in [3.63, 3.8) is 0 Å². The maximum Gasteiger partial charge on any atom is 0.251 e. The fraction of sp³-hybridized carbons (Fsp3) is 0.571. The van der Waals surface area contributed by atoms with Crippen LogP contribution in [0.1, 0.15) is 49.9 Å². The number of hydrogen-bond acceptors (Lipinski definition) is 4. The molecule has 0 spiro atoms. The molecule has 1 aromatic carbocycles. The molecule has 0 aromatic heterocycles. The smallest absolute Gasteiger partial charge is 0.251 e. The number of anilines is 1. The zero-order valence-corrected chi connectivity index (χ0v) is 17.1. The molecule has 1 heterocycles. The van der Waals surface area contributed by atoms with E-state index in [1.165, 1.54) is 0 Å². The molecule has 2 rings (SSSR count). The van der Waals surface area contributed by atoms with Crippen LogP contribution in [0.5, 0.6) is 0 Å². The van der Waals surface area contributed by atoms with Crippen molar-refractivity contribution in [2.24, 2.45) is 5.92 Å². The van der Waals surface area contributed by atoms with Gasteiger partial charge in [-0.05, 0) is 50.5 Å². The monoisotopic (exact) mass is 388 g/mol. The minimum Gasteiger partial charge on any atom is -0.356 e. The zero-order valence-electron chi connectivity index (χ0n) is 17.1. The Labute approximate surface area is 167 Å². The Morgan fingerprint density at radius 1 is 1.14 bits per heavy atom. The summed E-state index contributed by atoms with van der Waals surface area (Å²) in [7, 11) is 1.58. The summed E-state index contributed by atoms with van der Waals surface area (Å²) in [6.45, 7) is 5.75. The van der Waals surface area contributed by atoms with E-state index in [2.05, 4.69) is 34.7 Å². The molecule has 2 atom stereocenters. The Morgan fingerprint density at radius 2 is 1.86 bits per heavy atom. The molecule has 1 aromatic rings. The lowest BCUT2D eigenvalue weighted by atomic mass is 9.92. The van der Waals surface area contributed by atoms with Crippen LogP contribution in [0.25, 0.3) is 0 Å². The highest BCUT2D eigenvalue weighted by atomic mass is 16.2. The van der Waals surface area contributed by atoms with Gasteiger partial charge in [0.05, 0.1) is 12.5 Å². The third-order valence-corrected chi connectivity index (χ3v) is 5.22. The molecular formula is C21H32N4O3. The van der Waals surface area contributed by atoms with Gasteiger partial charge in [-0.1, -0.05) is 13.3 Å². The highest BCUT2D eigenvalue weighted by Crippen LogP contribution is 2.22. The second kappa shape index (κ2) is 10.8. The zero-order chi connectivity index (χ0) is 20.5. The van der Waals surface area contributed by atoms with E-state index in [0.29, 0.717) is 24.3 Å². The van der Waals surface area contributed by atoms with Crippen LogP contribution in [0.2, 0.25) is 0 Å². The third-order valence-electron chi connectivity index (χ3n) is 5.22. The van der Waals surface area contributed by atoms with Crippen molar-refractivity contribution in [2.45, 2.75) is 45.6 Å². The molecule has 3 amide bonds. The van der Waals surface area contributed by atoms with Crippen LogP contribution >= 0.6 is 0 Å². The summed E-state index contributed by atoms with van der Waals surface area (Å²) in [4.78, 5) is 38.4. The van der Waals surface area contributed by atoms with Gasteiger partial charge in [0.2, 0.25) is 11.8 Å². The number of piperidine rings is 1. The van der Waals surface area contributed by atoms with Gasteiger partial charge in [-0.2, -0.15) is 0 Å². The first-order chi connectivity index (χ1) is 13.4. The van der Waals surface area contributed by atoms with Crippen molar-refractivity contribution in [1.82, 2.24) is 15.5 Å². The number of hydrogen-bond donors (Lipinski definition) is 3. The van der Waals surface area contributed by atoms with E-state index in [1.807, 2.05) is 0 Å². The number of benzene rings is 1. The molecule has 7 heteroatoms. The molecular weight excluding hydrogens is 356 g/mol. The van der Waals surface area contributed by atoms with Gasteiger partial charge in [-0.3, -0.25) is 19.3 Å². The third kappa shape index (κ3) is 6.34. The number of carbonyl (C=O) groups excluding carboxylic acids is 3. The predicted octanol–water partition coefficient (Wildman–Crippen LogP) is 2.00. The topological polar surface area (TPSA) is 90.5 Å². The van der Waals surface area contributed by atoms with Gasteiger partial charge < -0.3 is 16.0 Å². The van der Waals surface area contributed by atoms with Crippen LogP contribution in [0.3, 0.4) is 0 Å². The molecule has 1 aliphatic rings. The van der Waals surface area contributed by atoms with Crippen LogP contribution in [0.15, 0.2) is 24.3 Å². The summed E-state index contributed by atoms with van der Waals surface area (Å²) in [5, 5.41) is 8.43. The summed E-state index contributed by atoms with van der Waals surface area (Å²) in [5.41, 5.74) is 1.19. The van der Waals surface area contributed by atoms with Crippen LogP contribution in [-0.2, 0) is 9.59 Å². The minimum atomic E-state index is -0.164. The minimum absolute atomic E-state index is 0.0623. The fourth-order valence-electron chi connectivity index (χ4n) is 3.38. The first kappa shape index (κ1) is 21.9. The number of amides is 3. The summed E-state index contributed by atoms with van der Waals surface area (Å²) in [6, 6.07) is 7.04. The second-order valence-corrected chi connectivity index (χ2v) is 7.40. The van der Waals surface area contributed by atoms with Gasteiger partial charge in [0, 0.05) is 37.4 Å². The molecule has 154 valence electrons. The van der Waals surface area contributed by atoms with E-state index in [4.69, 9.17) is 0 Å². The highest BCUT2D eigenvalue weighted by molar-refractivity contribution is 5.96. The first-order valence-electron chi connectivity index (χ1n) is 10.1. The number of nitrogens with one attached hydrogen (secondary N) is 3. The van der Waals surface area contributed by atoms with Crippen molar-refractivity contribution >= 4 is 23.4 Å². The number of nitrogens with zero attached hydrogens (tertiary/aromatic N) is 1. The van der Waals surface area contributed by atoms with Gasteiger partial charge in [0.1, 0.15) is 0 Å². The summed E-state index contributed by atoms with van der Waals surface area (Å²) < 4.78 is 0. The molecule has 0 aliphatic carbocycles. The first-order valence-corrected chi connectivity index (χ1v) is 10.1. The maximum atomic E-state index is 12.5. The van der Waals surface area contributed by atoms with Gasteiger partial charge in [0.25, 0.3) is 5.91 Å². The van der Waals surface area contributed by atoms with Gasteiger partial charge in [0.15, 0.2) is 0 Å². The Bertz CT molecular complexity index is 675. The Kier molecular flexibility index (Phi) is 8.44. The van der Waals surface area contributed by atoms with Gasteiger partial charge >= 0.3 is 0 Å². The highest BCUT2D eigenvalue weighted by Gasteiger charge is 2.30. The molecule has 2 unspecified atom stereocenters. The Hall–Kier alpha value is -2.41. The van der Waals surface area contributed by atoms with Crippen LogP contribution in [0, 0.1) is 5.92 Å². The summed E-state index contributed by atoms with van der Waals surface area (Å²) in [5.74, 6) is -0.252. The van der Waals surface area contributed by atoms with E-state index in [1.54, 1.807) is 31.3 Å². The molecule has 7 nitrogen and oxygen atoms in total. The van der Waals surface area contributed by atoms with Crippen molar-refractivity contribution < 1.29 is 14.4 Å². The van der Waals surface area contributed by atoms with Gasteiger partial charge in [-0.15, -0.1) is 0 Å². The summed E-state index contributed by atoms with van der Waals surface area (Å²) >= 11 is 0. The average molecular weight is 389 g/mol. The molecule has 0 radical (unpaired) electrons. The maximum absolute atomic E-state index is 12.5. The largest absolute Gasteiger partial charge is 0.356 e. The molecule has 28 heavy (non-hydrogen) atoms. The predicted molar refractivity (Wildman–Crippen MR) is 110 cm³/mol. The molecule has 0 saturated carbocycles. The number of rotatable bonds is 8. The van der Waals surface area contributed by atoms with E-state index >= 15 is 0 Å². The molecule has 1 aliphatic heterocycles. The van der Waals surface area contributed by atoms with Gasteiger partial charge in [-0.25, -0.2) is 0 Å². The van der Waals surface area contributed by atoms with Crippen LogP contribution < -0.4 is 16.0 Å². The number of likely N-dealkylation sites (tertiary alicyclic amines) is 1.